The number of carbonyl (C=O) groups excluding carboxylic acids is 1. The number of nitrogens with one attached hydrogen (secondary N) is 1. The summed E-state index contributed by atoms with van der Waals surface area (Å²) >= 11 is 0. The Balaban J connectivity index is 1.22. The molecule has 0 bridgehead atoms. The maximum atomic E-state index is 13.0. The summed E-state index contributed by atoms with van der Waals surface area (Å²) in [4.78, 5) is 12.8. The molecule has 3 saturated carbocycles. The summed E-state index contributed by atoms with van der Waals surface area (Å²) in [5, 5.41) is 22.2. The van der Waals surface area contributed by atoms with E-state index < -0.39 is 16.1 Å². The number of rotatable bonds is 5. The fourth-order valence-corrected chi connectivity index (χ4v) is 10.4. The highest BCUT2D eigenvalue weighted by Gasteiger charge is 2.57. The van der Waals surface area contributed by atoms with Gasteiger partial charge in [0.25, 0.3) is 10.0 Å². The third-order valence-corrected chi connectivity index (χ3v) is 13.5. The molecular weight excluding hydrogens is 578 g/mol. The summed E-state index contributed by atoms with van der Waals surface area (Å²) in [5.41, 5.74) is 0.544. The molecule has 3 N–H and O–H groups in total. The van der Waals surface area contributed by atoms with Gasteiger partial charge in [0.05, 0.1) is 23.7 Å². The van der Waals surface area contributed by atoms with Crippen LogP contribution in [0.15, 0.2) is 23.1 Å². The molecule has 1 heterocycles. The zero-order chi connectivity index (χ0) is 32.0. The number of aryl methyl sites for hydroxylation is 1. The minimum Gasteiger partial charge on any atom is -0.488 e. The van der Waals surface area contributed by atoms with Crippen molar-refractivity contribution >= 4 is 16.1 Å². The van der Waals surface area contributed by atoms with Gasteiger partial charge in [-0.3, -0.25) is 0 Å². The van der Waals surface area contributed by atoms with Gasteiger partial charge in [0.2, 0.25) is 0 Å². The maximum Gasteiger partial charge on any atom is 0.421 e. The van der Waals surface area contributed by atoms with Crippen LogP contribution in [0.5, 0.6) is 5.75 Å². The van der Waals surface area contributed by atoms with Crippen LogP contribution in [0.1, 0.15) is 105 Å². The molecule has 3 unspecified atom stereocenters. The van der Waals surface area contributed by atoms with E-state index in [9.17, 15) is 23.4 Å². The molecule has 0 aromatic heterocycles. The minimum absolute atomic E-state index is 0.0229. The molecule has 248 valence electrons. The molecule has 8 nitrogen and oxygen atoms in total. The van der Waals surface area contributed by atoms with Gasteiger partial charge in [0, 0.05) is 0 Å². The van der Waals surface area contributed by atoms with Crippen LogP contribution in [-0.2, 0) is 21.2 Å². The quantitative estimate of drug-likeness (QED) is 0.340. The van der Waals surface area contributed by atoms with Crippen molar-refractivity contribution < 1.29 is 32.9 Å². The first-order chi connectivity index (χ1) is 20.6. The average Bonchev–Trinajstić information content (AvgIpc) is 3.32. The van der Waals surface area contributed by atoms with Gasteiger partial charge in [0.1, 0.15) is 11.4 Å². The highest BCUT2D eigenvalue weighted by molar-refractivity contribution is 7.90. The number of fused-ring (bicyclic) bond motifs is 4. The highest BCUT2D eigenvalue weighted by atomic mass is 32.2. The van der Waals surface area contributed by atoms with Crippen LogP contribution >= 0.6 is 0 Å². The summed E-state index contributed by atoms with van der Waals surface area (Å²) in [6, 6.07) is 4.70. The van der Waals surface area contributed by atoms with Gasteiger partial charge in [0.15, 0.2) is 0 Å². The molecule has 1 aliphatic heterocycles. The Morgan fingerprint density at radius 1 is 1.02 bits per heavy atom. The van der Waals surface area contributed by atoms with E-state index in [0.717, 1.165) is 63.4 Å². The summed E-state index contributed by atoms with van der Waals surface area (Å²) in [7, 11) is -4.09. The first-order valence-electron chi connectivity index (χ1n) is 17.0. The molecule has 4 aliphatic rings. The van der Waals surface area contributed by atoms with E-state index >= 15 is 0 Å². The van der Waals surface area contributed by atoms with Crippen molar-refractivity contribution in [3.8, 4) is 5.75 Å². The average molecular weight is 634 g/mol. The lowest BCUT2D eigenvalue weighted by Crippen LogP contribution is -2.50. The molecule has 9 heteroatoms. The second kappa shape index (κ2) is 12.7. The second-order valence-electron chi connectivity index (χ2n) is 15.6. The molecule has 0 saturated heterocycles. The van der Waals surface area contributed by atoms with Gasteiger partial charge in [-0.05, 0) is 149 Å². The number of ether oxygens (including phenoxy) is 2. The molecule has 3 fully saturated rings. The predicted octanol–water partition coefficient (Wildman–Crippen LogP) is 6.47. The van der Waals surface area contributed by atoms with Crippen molar-refractivity contribution in [1.82, 2.24) is 4.72 Å². The summed E-state index contributed by atoms with van der Waals surface area (Å²) in [6.45, 7) is 13.1. The van der Waals surface area contributed by atoms with Crippen LogP contribution in [-0.4, -0.2) is 49.1 Å². The molecule has 0 spiro atoms. The van der Waals surface area contributed by atoms with E-state index in [0.29, 0.717) is 35.8 Å². The number of aliphatic hydroxyl groups is 2. The zero-order valence-corrected chi connectivity index (χ0v) is 28.4. The van der Waals surface area contributed by atoms with Crippen molar-refractivity contribution in [3.63, 3.8) is 0 Å². The van der Waals surface area contributed by atoms with Crippen LogP contribution < -0.4 is 9.46 Å². The molecular formula is C35H55NO7S. The normalized spacial score (nSPS) is 37.8. The van der Waals surface area contributed by atoms with Crippen molar-refractivity contribution in [1.29, 1.82) is 0 Å². The highest BCUT2D eigenvalue weighted by Crippen LogP contribution is 2.63. The second-order valence-corrected chi connectivity index (χ2v) is 17.3. The summed E-state index contributed by atoms with van der Waals surface area (Å²) in [5.74, 6) is 2.72. The number of aliphatic hydroxyl groups excluding tert-OH is 2. The number of amides is 1. The third kappa shape index (κ3) is 6.80. The largest absolute Gasteiger partial charge is 0.488 e. The van der Waals surface area contributed by atoms with Crippen LogP contribution in [0.25, 0.3) is 0 Å². The van der Waals surface area contributed by atoms with E-state index in [1.807, 2.05) is 13.8 Å². The van der Waals surface area contributed by atoms with Crippen LogP contribution in [0.3, 0.4) is 0 Å². The zero-order valence-electron chi connectivity index (χ0n) is 27.6. The Labute approximate surface area is 264 Å². The number of benzene rings is 1. The molecule has 3 aliphatic carbocycles. The van der Waals surface area contributed by atoms with Crippen molar-refractivity contribution in [2.45, 2.75) is 128 Å². The van der Waals surface area contributed by atoms with Gasteiger partial charge in [-0.1, -0.05) is 27.7 Å². The molecule has 10 atom stereocenters. The SMILES string of the molecule is CC1CC[C@@H](O)CC[C@@H](C)[C@@H](O)[C@@H]2[C@@H]1CCC1(C)C([C@H](C)COC(=O)NS(=O)(=O)c3ccc4c(c3)CCC(C)(C)O4)CC[C@@H]21. The van der Waals surface area contributed by atoms with Crippen molar-refractivity contribution in [2.24, 2.45) is 46.8 Å². The Morgan fingerprint density at radius 2 is 1.73 bits per heavy atom. The first kappa shape index (κ1) is 33.5. The lowest BCUT2D eigenvalue weighted by Gasteiger charge is -2.53. The molecule has 1 amide bonds. The van der Waals surface area contributed by atoms with Crippen LogP contribution in [0.4, 0.5) is 4.79 Å². The lowest BCUT2D eigenvalue weighted by molar-refractivity contribution is -0.0987. The fourth-order valence-electron chi connectivity index (χ4n) is 9.50. The number of hydrogen-bond donors (Lipinski definition) is 3. The van der Waals surface area contributed by atoms with Crippen LogP contribution in [0.2, 0.25) is 0 Å². The Hall–Kier alpha value is -1.84. The van der Waals surface area contributed by atoms with E-state index in [1.165, 1.54) is 6.07 Å². The summed E-state index contributed by atoms with van der Waals surface area (Å²) in [6.07, 6.45) is 7.47. The molecule has 5 rings (SSSR count). The monoisotopic (exact) mass is 633 g/mol. The first-order valence-corrected chi connectivity index (χ1v) is 18.5. The lowest BCUT2D eigenvalue weighted by atomic mass is 9.52. The molecule has 1 aromatic rings. The van der Waals surface area contributed by atoms with Crippen molar-refractivity contribution in [3.05, 3.63) is 23.8 Å². The number of carbonyl (C=O) groups is 1. The summed E-state index contributed by atoms with van der Waals surface area (Å²) < 4.78 is 39.7. The van der Waals surface area contributed by atoms with Gasteiger partial charge in [-0.2, -0.15) is 0 Å². The number of hydrogen-bond acceptors (Lipinski definition) is 7. The smallest absolute Gasteiger partial charge is 0.421 e. The molecule has 1 aromatic carbocycles. The molecule has 0 radical (unpaired) electrons. The minimum atomic E-state index is -4.09. The van der Waals surface area contributed by atoms with Crippen LogP contribution in [0, 0.1) is 46.8 Å². The predicted molar refractivity (Wildman–Crippen MR) is 170 cm³/mol. The van der Waals surface area contributed by atoms with Crippen molar-refractivity contribution in [2.75, 3.05) is 6.61 Å². The topological polar surface area (TPSA) is 122 Å². The Bertz CT molecular complexity index is 1300. The van der Waals surface area contributed by atoms with E-state index in [4.69, 9.17) is 9.47 Å². The van der Waals surface area contributed by atoms with E-state index in [1.54, 1.807) is 12.1 Å². The molecule has 44 heavy (non-hydrogen) atoms. The standard InChI is InChI=1S/C35H55NO7S/c1-21-7-9-25(37)10-8-22(2)32(38)31-27(21)16-18-35(6)28(12-13-29(31)35)23(3)20-42-33(39)36-44(40,41)26-11-14-30-24(19-26)15-17-34(4,5)43-30/h11,14,19,21-23,25,27-29,31-32,37-38H,7-10,12-13,15-18,20H2,1-6H3,(H,36,39)/t21?,22-,23-,25-,27-,28?,29+,31-,32-,35?/m1/s1. The van der Waals surface area contributed by atoms with Gasteiger partial charge >= 0.3 is 6.09 Å². The van der Waals surface area contributed by atoms with Gasteiger partial charge in [-0.25, -0.2) is 17.9 Å². The third-order valence-electron chi connectivity index (χ3n) is 12.2. The fraction of sp³-hybridized carbons (Fsp3) is 0.800. The Kier molecular flexibility index (Phi) is 9.71. The van der Waals surface area contributed by atoms with Gasteiger partial charge in [-0.15, -0.1) is 0 Å². The Morgan fingerprint density at radius 3 is 2.45 bits per heavy atom. The van der Waals surface area contributed by atoms with Gasteiger partial charge < -0.3 is 19.7 Å². The van der Waals surface area contributed by atoms with E-state index in [-0.39, 0.29) is 52.5 Å². The number of sulfonamides is 1. The van der Waals surface area contributed by atoms with E-state index in [2.05, 4.69) is 32.4 Å². The maximum absolute atomic E-state index is 13.0.